The maximum atomic E-state index is 12.4. The lowest BCUT2D eigenvalue weighted by Gasteiger charge is -2.32. The van der Waals surface area contributed by atoms with Gasteiger partial charge in [0.15, 0.2) is 0 Å². The Morgan fingerprint density at radius 3 is 2.95 bits per heavy atom. The van der Waals surface area contributed by atoms with E-state index < -0.39 is 6.04 Å². The highest BCUT2D eigenvalue weighted by Crippen LogP contribution is 2.15. The smallest absolute Gasteiger partial charge is 0.323 e. The monoisotopic (exact) mass is 307 g/mol. The van der Waals surface area contributed by atoms with Crippen LogP contribution in [0.5, 0.6) is 0 Å². The van der Waals surface area contributed by atoms with Gasteiger partial charge in [0.05, 0.1) is 5.69 Å². The second-order valence-corrected chi connectivity index (χ2v) is 6.17. The molecule has 0 unspecified atom stereocenters. The second-order valence-electron chi connectivity index (χ2n) is 6.17. The van der Waals surface area contributed by atoms with Crippen molar-refractivity contribution >= 4 is 17.8 Å². The van der Waals surface area contributed by atoms with Crippen LogP contribution in [0.1, 0.15) is 32.9 Å². The van der Waals surface area contributed by atoms with E-state index in [1.807, 2.05) is 17.7 Å². The zero-order valence-corrected chi connectivity index (χ0v) is 13.7. The minimum Gasteiger partial charge on any atom is -0.353 e. The molecule has 122 valence electrons. The van der Waals surface area contributed by atoms with Gasteiger partial charge in [-0.1, -0.05) is 13.8 Å². The van der Waals surface area contributed by atoms with Gasteiger partial charge >= 0.3 is 6.03 Å². The zero-order chi connectivity index (χ0) is 16.3. The van der Waals surface area contributed by atoms with Crippen LogP contribution in [0.2, 0.25) is 0 Å². The van der Waals surface area contributed by atoms with Crippen LogP contribution < -0.4 is 10.6 Å². The zero-order valence-electron chi connectivity index (χ0n) is 13.7. The molecular weight excluding hydrogens is 282 g/mol. The topological polar surface area (TPSA) is 79.3 Å². The molecule has 1 aromatic rings. The first-order valence-corrected chi connectivity index (χ1v) is 7.78. The van der Waals surface area contributed by atoms with Crippen LogP contribution in [0.15, 0.2) is 6.07 Å². The molecule has 1 aromatic heterocycles. The van der Waals surface area contributed by atoms with Crippen LogP contribution in [-0.2, 0) is 11.3 Å². The van der Waals surface area contributed by atoms with Gasteiger partial charge in [0, 0.05) is 25.7 Å². The average molecular weight is 307 g/mol. The van der Waals surface area contributed by atoms with Crippen LogP contribution in [-0.4, -0.2) is 45.8 Å². The Labute approximate surface area is 131 Å². The number of aromatic nitrogens is 2. The molecule has 0 saturated carbocycles. The molecule has 2 rings (SSSR count). The van der Waals surface area contributed by atoms with E-state index in [9.17, 15) is 9.59 Å². The highest BCUT2D eigenvalue weighted by atomic mass is 16.2. The van der Waals surface area contributed by atoms with Gasteiger partial charge in [-0.25, -0.2) is 9.48 Å². The Balaban J connectivity index is 2.06. The Bertz CT molecular complexity index is 552. The van der Waals surface area contributed by atoms with Crippen LogP contribution in [0.25, 0.3) is 0 Å². The van der Waals surface area contributed by atoms with Gasteiger partial charge in [0.2, 0.25) is 5.91 Å². The molecule has 1 aliphatic heterocycles. The lowest BCUT2D eigenvalue weighted by atomic mass is 10.1. The molecule has 1 atom stereocenters. The number of rotatable bonds is 4. The van der Waals surface area contributed by atoms with E-state index in [0.717, 1.165) is 18.7 Å². The summed E-state index contributed by atoms with van der Waals surface area (Å²) < 4.78 is 1.82. The van der Waals surface area contributed by atoms with E-state index >= 15 is 0 Å². The fraction of sp³-hybridized carbons (Fsp3) is 0.667. The molecule has 0 aromatic carbocycles. The van der Waals surface area contributed by atoms with E-state index in [2.05, 4.69) is 29.6 Å². The average Bonchev–Trinajstić information content (AvgIpc) is 2.79. The van der Waals surface area contributed by atoms with Crippen molar-refractivity contribution in [2.24, 2.45) is 5.92 Å². The highest BCUT2D eigenvalue weighted by Gasteiger charge is 2.29. The summed E-state index contributed by atoms with van der Waals surface area (Å²) in [6, 6.07) is 1.14. The van der Waals surface area contributed by atoms with Gasteiger partial charge in [-0.2, -0.15) is 5.10 Å². The van der Waals surface area contributed by atoms with Crippen molar-refractivity contribution in [2.75, 3.05) is 18.4 Å². The van der Waals surface area contributed by atoms with E-state index in [0.29, 0.717) is 24.8 Å². The Hall–Kier alpha value is -2.05. The van der Waals surface area contributed by atoms with Crippen molar-refractivity contribution in [1.82, 2.24) is 20.0 Å². The number of nitrogens with zero attached hydrogens (tertiary/aromatic N) is 3. The fourth-order valence-electron chi connectivity index (χ4n) is 2.44. The third-order valence-corrected chi connectivity index (χ3v) is 3.82. The number of anilines is 1. The summed E-state index contributed by atoms with van der Waals surface area (Å²) in [7, 11) is 0. The van der Waals surface area contributed by atoms with E-state index in [1.54, 1.807) is 11.8 Å². The molecule has 0 aliphatic carbocycles. The van der Waals surface area contributed by atoms with E-state index in [4.69, 9.17) is 0 Å². The summed E-state index contributed by atoms with van der Waals surface area (Å²) >= 11 is 0. The minimum absolute atomic E-state index is 0.120. The minimum atomic E-state index is -0.457. The summed E-state index contributed by atoms with van der Waals surface area (Å²) in [6.07, 6.45) is 0.993. The summed E-state index contributed by atoms with van der Waals surface area (Å²) in [4.78, 5) is 25.6. The molecule has 3 amide bonds. The molecule has 2 heterocycles. The molecule has 7 heteroatoms. The van der Waals surface area contributed by atoms with Crippen molar-refractivity contribution < 1.29 is 9.59 Å². The Kier molecular flexibility index (Phi) is 5.05. The molecule has 2 N–H and O–H groups in total. The first kappa shape index (κ1) is 16.3. The summed E-state index contributed by atoms with van der Waals surface area (Å²) in [5, 5.41) is 10.1. The molecule has 0 bridgehead atoms. The number of piperazine rings is 1. The maximum absolute atomic E-state index is 12.4. The SMILES string of the molecule is Cc1cc(NC(=O)N2CCNC(=O)[C@H]2C)n(CCC(C)C)n1. The quantitative estimate of drug-likeness (QED) is 0.886. The van der Waals surface area contributed by atoms with Gasteiger partial charge in [-0.05, 0) is 26.2 Å². The number of carbonyl (C=O) groups is 2. The van der Waals surface area contributed by atoms with Gasteiger partial charge in [-0.15, -0.1) is 0 Å². The van der Waals surface area contributed by atoms with E-state index in [-0.39, 0.29) is 11.9 Å². The Morgan fingerprint density at radius 2 is 2.27 bits per heavy atom. The van der Waals surface area contributed by atoms with Crippen molar-refractivity contribution in [2.45, 2.75) is 46.7 Å². The third-order valence-electron chi connectivity index (χ3n) is 3.82. The summed E-state index contributed by atoms with van der Waals surface area (Å²) in [6.45, 7) is 9.70. The number of nitrogens with one attached hydrogen (secondary N) is 2. The van der Waals surface area contributed by atoms with Crippen molar-refractivity contribution in [1.29, 1.82) is 0 Å². The summed E-state index contributed by atoms with van der Waals surface area (Å²) in [5.74, 6) is 1.13. The fourth-order valence-corrected chi connectivity index (χ4v) is 2.44. The van der Waals surface area contributed by atoms with Crippen LogP contribution >= 0.6 is 0 Å². The largest absolute Gasteiger partial charge is 0.353 e. The van der Waals surface area contributed by atoms with Gasteiger partial charge in [-0.3, -0.25) is 10.1 Å². The third kappa shape index (κ3) is 3.78. The molecular formula is C15H25N5O2. The molecule has 1 saturated heterocycles. The van der Waals surface area contributed by atoms with Crippen molar-refractivity contribution in [3.05, 3.63) is 11.8 Å². The first-order chi connectivity index (χ1) is 10.4. The Morgan fingerprint density at radius 1 is 1.55 bits per heavy atom. The first-order valence-electron chi connectivity index (χ1n) is 7.78. The van der Waals surface area contributed by atoms with Gasteiger partial charge in [0.1, 0.15) is 11.9 Å². The molecule has 22 heavy (non-hydrogen) atoms. The summed E-state index contributed by atoms with van der Waals surface area (Å²) in [5.41, 5.74) is 0.864. The number of aryl methyl sites for hydroxylation is 2. The predicted octanol–water partition coefficient (Wildman–Crippen LogP) is 1.59. The number of amides is 3. The predicted molar refractivity (Wildman–Crippen MR) is 84.6 cm³/mol. The standard InChI is InChI=1S/C15H25N5O2/c1-10(2)5-7-20-13(9-11(3)18-20)17-15(22)19-8-6-16-14(21)12(19)4/h9-10,12H,5-8H2,1-4H3,(H,16,21)(H,17,22)/t12-/m1/s1. The highest BCUT2D eigenvalue weighted by molar-refractivity contribution is 5.93. The molecule has 7 nitrogen and oxygen atoms in total. The van der Waals surface area contributed by atoms with Crippen LogP contribution in [0.4, 0.5) is 10.6 Å². The number of hydrogen-bond acceptors (Lipinski definition) is 3. The van der Waals surface area contributed by atoms with Crippen LogP contribution in [0, 0.1) is 12.8 Å². The lowest BCUT2D eigenvalue weighted by Crippen LogP contribution is -2.56. The molecule has 1 fully saturated rings. The maximum Gasteiger partial charge on any atom is 0.323 e. The van der Waals surface area contributed by atoms with E-state index in [1.165, 1.54) is 0 Å². The molecule has 0 radical (unpaired) electrons. The second kappa shape index (κ2) is 6.81. The van der Waals surface area contributed by atoms with Gasteiger partial charge < -0.3 is 10.2 Å². The number of carbonyl (C=O) groups excluding carboxylic acids is 2. The number of urea groups is 1. The van der Waals surface area contributed by atoms with Crippen LogP contribution in [0.3, 0.4) is 0 Å². The van der Waals surface area contributed by atoms with Gasteiger partial charge in [0.25, 0.3) is 0 Å². The molecule has 0 spiro atoms. The van der Waals surface area contributed by atoms with Crippen molar-refractivity contribution in [3.8, 4) is 0 Å². The lowest BCUT2D eigenvalue weighted by molar-refractivity contribution is -0.126. The van der Waals surface area contributed by atoms with Crippen molar-refractivity contribution in [3.63, 3.8) is 0 Å². The molecule has 1 aliphatic rings. The normalized spacial score (nSPS) is 18.5. The number of hydrogen-bond donors (Lipinski definition) is 2.